The summed E-state index contributed by atoms with van der Waals surface area (Å²) in [4.78, 5) is 13.6. The van der Waals surface area contributed by atoms with E-state index in [-0.39, 0.29) is 12.2 Å². The van der Waals surface area contributed by atoms with Crippen LogP contribution < -0.4 is 5.73 Å². The van der Waals surface area contributed by atoms with E-state index < -0.39 is 12.0 Å². The van der Waals surface area contributed by atoms with Crippen molar-refractivity contribution in [1.29, 1.82) is 0 Å². The van der Waals surface area contributed by atoms with Crippen LogP contribution in [0.2, 0.25) is 0 Å². The highest BCUT2D eigenvalue weighted by Gasteiger charge is 2.14. The Balaban J connectivity index is 0.000000771. The molecular formula is C12H16N2O4. The zero-order valence-corrected chi connectivity index (χ0v) is 9.92. The van der Waals surface area contributed by atoms with Gasteiger partial charge in [-0.3, -0.25) is 4.79 Å². The molecule has 1 unspecified atom stereocenters. The van der Waals surface area contributed by atoms with E-state index in [0.717, 1.165) is 23.6 Å². The molecule has 6 nitrogen and oxygen atoms in total. The fourth-order valence-corrected chi connectivity index (χ4v) is 1.66. The number of nitrogens with one attached hydrogen (secondary N) is 1. The Morgan fingerprint density at radius 1 is 1.44 bits per heavy atom. The maximum Gasteiger partial charge on any atom is 0.320 e. The lowest BCUT2D eigenvalue weighted by Gasteiger charge is -2.04. The monoisotopic (exact) mass is 252 g/mol. The number of rotatable bonds is 3. The smallest absolute Gasteiger partial charge is 0.320 e. The molecule has 0 aliphatic carbocycles. The first-order valence-corrected chi connectivity index (χ1v) is 5.30. The highest BCUT2D eigenvalue weighted by atomic mass is 16.4. The van der Waals surface area contributed by atoms with Crippen LogP contribution in [0, 0.1) is 0 Å². The number of aromatic hydroxyl groups is 1. The normalized spacial score (nSPS) is 11.7. The van der Waals surface area contributed by atoms with Crippen LogP contribution in [0.4, 0.5) is 0 Å². The number of aliphatic hydroxyl groups excluding tert-OH is 1. The zero-order valence-electron chi connectivity index (χ0n) is 9.92. The minimum atomic E-state index is -1.03. The number of aromatic nitrogens is 1. The SMILES string of the molecule is CO.NC(Cc1c[nH]c2ccc(O)cc12)C(=O)O. The molecule has 0 aliphatic heterocycles. The predicted molar refractivity (Wildman–Crippen MR) is 67.4 cm³/mol. The van der Waals surface area contributed by atoms with Gasteiger partial charge in [0, 0.05) is 30.6 Å². The van der Waals surface area contributed by atoms with Crippen molar-refractivity contribution in [3.63, 3.8) is 0 Å². The molecular weight excluding hydrogens is 236 g/mol. The minimum Gasteiger partial charge on any atom is -0.508 e. The summed E-state index contributed by atoms with van der Waals surface area (Å²) in [6.07, 6.45) is 1.95. The van der Waals surface area contributed by atoms with E-state index >= 15 is 0 Å². The second kappa shape index (κ2) is 6.04. The Kier molecular flexibility index (Phi) is 4.70. The number of aromatic amines is 1. The van der Waals surface area contributed by atoms with Crippen molar-refractivity contribution in [2.45, 2.75) is 12.5 Å². The standard InChI is InChI=1S/C11H12N2O3.CH4O/c12-9(11(15)16)3-6-5-13-10-2-1-7(14)4-8(6)10;1-2/h1-2,4-5,9,13-14H,3,12H2,(H,15,16);2H,1H3. The second-order valence-corrected chi connectivity index (χ2v) is 3.69. The molecule has 0 fully saturated rings. The number of phenolic OH excluding ortho intramolecular Hbond substituents is 1. The van der Waals surface area contributed by atoms with Gasteiger partial charge in [0.15, 0.2) is 0 Å². The third-order valence-corrected chi connectivity index (χ3v) is 2.51. The summed E-state index contributed by atoms with van der Waals surface area (Å²) in [7, 11) is 1.00. The molecule has 0 aliphatic rings. The first kappa shape index (κ1) is 14.0. The number of fused-ring (bicyclic) bond motifs is 1. The quantitative estimate of drug-likeness (QED) is 0.543. The van der Waals surface area contributed by atoms with Crippen LogP contribution in [0.15, 0.2) is 24.4 Å². The van der Waals surface area contributed by atoms with E-state index in [1.54, 1.807) is 24.4 Å². The van der Waals surface area contributed by atoms with Crippen LogP contribution in [-0.2, 0) is 11.2 Å². The van der Waals surface area contributed by atoms with Crippen LogP contribution in [0.25, 0.3) is 10.9 Å². The fourth-order valence-electron chi connectivity index (χ4n) is 1.66. The van der Waals surface area contributed by atoms with E-state index in [1.807, 2.05) is 0 Å². The van der Waals surface area contributed by atoms with E-state index in [0.29, 0.717) is 0 Å². The van der Waals surface area contributed by atoms with Gasteiger partial charge >= 0.3 is 5.97 Å². The van der Waals surface area contributed by atoms with Crippen LogP contribution in [0.3, 0.4) is 0 Å². The number of phenols is 1. The van der Waals surface area contributed by atoms with Gasteiger partial charge in [-0.15, -0.1) is 0 Å². The summed E-state index contributed by atoms with van der Waals surface area (Å²) in [5, 5.41) is 25.9. The highest BCUT2D eigenvalue weighted by Crippen LogP contribution is 2.23. The number of benzene rings is 1. The molecule has 0 spiro atoms. The van der Waals surface area contributed by atoms with Gasteiger partial charge in [0.25, 0.3) is 0 Å². The lowest BCUT2D eigenvalue weighted by molar-refractivity contribution is -0.138. The van der Waals surface area contributed by atoms with Crippen LogP contribution in [0.1, 0.15) is 5.56 Å². The van der Waals surface area contributed by atoms with Gasteiger partial charge in [-0.25, -0.2) is 0 Å². The summed E-state index contributed by atoms with van der Waals surface area (Å²) < 4.78 is 0. The van der Waals surface area contributed by atoms with Gasteiger partial charge in [-0.05, 0) is 23.8 Å². The van der Waals surface area contributed by atoms with Crippen LogP contribution in [0.5, 0.6) is 5.75 Å². The van der Waals surface area contributed by atoms with Crippen LogP contribution in [-0.4, -0.2) is 39.4 Å². The highest BCUT2D eigenvalue weighted by molar-refractivity contribution is 5.85. The van der Waals surface area contributed by atoms with Gasteiger partial charge in [-0.1, -0.05) is 0 Å². The maximum atomic E-state index is 10.6. The number of carbonyl (C=O) groups is 1. The molecule has 0 bridgehead atoms. The Labute approximate surface area is 104 Å². The first-order valence-electron chi connectivity index (χ1n) is 5.30. The number of hydrogen-bond donors (Lipinski definition) is 5. The summed E-state index contributed by atoms with van der Waals surface area (Å²) in [6, 6.07) is 3.97. The molecule has 18 heavy (non-hydrogen) atoms. The topological polar surface area (TPSA) is 120 Å². The van der Waals surface area contributed by atoms with Gasteiger partial charge in [0.05, 0.1) is 0 Å². The van der Waals surface area contributed by atoms with Crippen molar-refractivity contribution in [3.8, 4) is 5.75 Å². The molecule has 0 radical (unpaired) electrons. The van der Waals surface area contributed by atoms with Crippen LogP contribution >= 0.6 is 0 Å². The third kappa shape index (κ3) is 2.99. The Hall–Kier alpha value is -2.05. The van der Waals surface area contributed by atoms with Crippen molar-refractivity contribution in [1.82, 2.24) is 4.98 Å². The molecule has 0 saturated heterocycles. The zero-order chi connectivity index (χ0) is 13.7. The predicted octanol–water partition coefficient (Wildman–Crippen LogP) is 0.436. The Bertz CT molecular complexity index is 536. The molecule has 1 aromatic heterocycles. The molecule has 6 heteroatoms. The largest absolute Gasteiger partial charge is 0.508 e. The summed E-state index contributed by atoms with van der Waals surface area (Å²) in [6.45, 7) is 0. The average Bonchev–Trinajstić information content (AvgIpc) is 2.74. The van der Waals surface area contributed by atoms with Gasteiger partial charge in [-0.2, -0.15) is 0 Å². The molecule has 1 aromatic carbocycles. The van der Waals surface area contributed by atoms with Crippen molar-refractivity contribution in [2.75, 3.05) is 7.11 Å². The molecule has 6 N–H and O–H groups in total. The number of nitrogens with two attached hydrogens (primary N) is 1. The number of aliphatic carboxylic acids is 1. The van der Waals surface area contributed by atoms with E-state index in [4.69, 9.17) is 15.9 Å². The van der Waals surface area contributed by atoms with Gasteiger partial charge in [0.1, 0.15) is 11.8 Å². The number of hydrogen-bond acceptors (Lipinski definition) is 4. The van der Waals surface area contributed by atoms with E-state index in [9.17, 15) is 9.90 Å². The maximum absolute atomic E-state index is 10.6. The lowest BCUT2D eigenvalue weighted by Crippen LogP contribution is -2.32. The Morgan fingerprint density at radius 3 is 2.72 bits per heavy atom. The molecule has 98 valence electrons. The fraction of sp³-hybridized carbons (Fsp3) is 0.250. The molecule has 1 atom stereocenters. The van der Waals surface area contributed by atoms with Gasteiger partial charge < -0.3 is 26.0 Å². The van der Waals surface area contributed by atoms with Crippen molar-refractivity contribution >= 4 is 16.9 Å². The minimum absolute atomic E-state index is 0.150. The molecule has 2 rings (SSSR count). The number of aliphatic hydroxyl groups is 1. The number of carboxylic acids is 1. The van der Waals surface area contributed by atoms with Crippen molar-refractivity contribution in [2.24, 2.45) is 5.73 Å². The molecule has 0 saturated carbocycles. The summed E-state index contributed by atoms with van der Waals surface area (Å²) in [5.41, 5.74) is 7.11. The van der Waals surface area contributed by atoms with Crippen molar-refractivity contribution in [3.05, 3.63) is 30.0 Å². The second-order valence-electron chi connectivity index (χ2n) is 3.69. The number of carboxylic acid groups (broad SMARTS) is 1. The average molecular weight is 252 g/mol. The molecule has 1 heterocycles. The third-order valence-electron chi connectivity index (χ3n) is 2.51. The lowest BCUT2D eigenvalue weighted by atomic mass is 10.1. The van der Waals surface area contributed by atoms with E-state index in [2.05, 4.69) is 4.98 Å². The molecule has 0 amide bonds. The van der Waals surface area contributed by atoms with Gasteiger partial charge in [0.2, 0.25) is 0 Å². The summed E-state index contributed by atoms with van der Waals surface area (Å²) >= 11 is 0. The van der Waals surface area contributed by atoms with Crippen molar-refractivity contribution < 1.29 is 20.1 Å². The summed E-state index contributed by atoms with van der Waals surface area (Å²) in [5.74, 6) is -0.883. The first-order chi connectivity index (χ1) is 8.58. The van der Waals surface area contributed by atoms with E-state index in [1.165, 1.54) is 0 Å². The number of H-pyrrole nitrogens is 1. The molecule has 2 aromatic rings. The Morgan fingerprint density at radius 2 is 2.11 bits per heavy atom.